The molecule has 0 saturated carbocycles. The van der Waals surface area contributed by atoms with Crippen molar-refractivity contribution in [3.05, 3.63) is 48.6 Å². The Morgan fingerprint density at radius 3 is 2.73 bits per heavy atom. The summed E-state index contributed by atoms with van der Waals surface area (Å²) >= 11 is 0. The van der Waals surface area contributed by atoms with Crippen LogP contribution in [0, 0.1) is 0 Å². The molecule has 1 aromatic rings. The van der Waals surface area contributed by atoms with Crippen molar-refractivity contribution in [3.63, 3.8) is 0 Å². The molecular weight excluding hydrogens is 136 g/mol. The first-order chi connectivity index (χ1) is 5.75. The van der Waals surface area contributed by atoms with Gasteiger partial charge < -0.3 is 5.11 Å². The zero-order valence-electron chi connectivity index (χ0n) is 7.27. The molecular formula is C10H12O. The van der Waals surface area contributed by atoms with Crippen molar-refractivity contribution in [1.82, 2.24) is 0 Å². The quantitative estimate of drug-likeness (QED) is 0.654. The van der Waals surface area contributed by atoms with Crippen molar-refractivity contribution < 1.29 is 6.48 Å². The second kappa shape index (κ2) is 3.94. The fraction of sp³-hybridized carbons (Fsp3) is 0.200. The van der Waals surface area contributed by atoms with Gasteiger partial charge in [0.2, 0.25) is 0 Å². The molecule has 11 heavy (non-hydrogen) atoms. The van der Waals surface area contributed by atoms with Gasteiger partial charge in [-0.1, -0.05) is 36.4 Å². The van der Waals surface area contributed by atoms with E-state index in [1.807, 2.05) is 18.2 Å². The number of benzene rings is 1. The number of hydrogen-bond acceptors (Lipinski definition) is 1. The van der Waals surface area contributed by atoms with E-state index < -0.39 is 12.5 Å². The molecule has 0 bridgehead atoms. The molecule has 0 saturated heterocycles. The number of hydrogen-bond donors (Lipinski definition) is 1. The van der Waals surface area contributed by atoms with E-state index in [1.54, 1.807) is 12.1 Å². The van der Waals surface area contributed by atoms with Gasteiger partial charge in [0.05, 0.1) is 6.10 Å². The highest BCUT2D eigenvalue weighted by molar-refractivity contribution is 5.17. The summed E-state index contributed by atoms with van der Waals surface area (Å²) in [6.45, 7) is 3.46. The highest BCUT2D eigenvalue weighted by Gasteiger charge is 2.02. The molecule has 58 valence electrons. The minimum Gasteiger partial charge on any atom is -0.388 e. The third-order valence-corrected chi connectivity index (χ3v) is 1.46. The molecule has 0 spiro atoms. The predicted molar refractivity (Wildman–Crippen MR) is 46.2 cm³/mol. The van der Waals surface area contributed by atoms with Crippen molar-refractivity contribution >= 4 is 0 Å². The molecule has 1 aromatic carbocycles. The van der Waals surface area contributed by atoms with Crippen molar-refractivity contribution in [2.45, 2.75) is 12.5 Å². The van der Waals surface area contributed by atoms with E-state index >= 15 is 0 Å². The molecule has 0 aliphatic heterocycles. The van der Waals surface area contributed by atoms with Crippen LogP contribution in [-0.2, 0) is 0 Å². The average Bonchev–Trinajstić information content (AvgIpc) is 2.17. The summed E-state index contributed by atoms with van der Waals surface area (Å²) in [4.78, 5) is 0. The average molecular weight is 149 g/mol. The summed E-state index contributed by atoms with van der Waals surface area (Å²) in [5.74, 6) is 0. The van der Waals surface area contributed by atoms with Gasteiger partial charge >= 0.3 is 0 Å². The van der Waals surface area contributed by atoms with Crippen LogP contribution < -0.4 is 0 Å². The number of aliphatic hydroxyl groups excluding tert-OH is 1. The van der Waals surface area contributed by atoms with Crippen molar-refractivity contribution in [3.8, 4) is 0 Å². The SMILES string of the molecule is [2H][C@@H](C=C)[C@H](O)c1ccccc1. The summed E-state index contributed by atoms with van der Waals surface area (Å²) in [5.41, 5.74) is 0.761. The molecule has 0 heterocycles. The second-order valence-electron chi connectivity index (χ2n) is 2.28. The van der Waals surface area contributed by atoms with Gasteiger partial charge in [0.25, 0.3) is 0 Å². The van der Waals surface area contributed by atoms with Crippen molar-refractivity contribution in [2.24, 2.45) is 0 Å². The highest BCUT2D eigenvalue weighted by atomic mass is 16.3. The first-order valence-corrected chi connectivity index (χ1v) is 3.53. The summed E-state index contributed by atoms with van der Waals surface area (Å²) < 4.78 is 7.40. The van der Waals surface area contributed by atoms with Gasteiger partial charge in [-0.3, -0.25) is 0 Å². The summed E-state index contributed by atoms with van der Waals surface area (Å²) in [6, 6.07) is 9.16. The largest absolute Gasteiger partial charge is 0.388 e. The summed E-state index contributed by atoms with van der Waals surface area (Å²) in [5, 5.41) is 9.53. The van der Waals surface area contributed by atoms with Gasteiger partial charge in [-0.15, -0.1) is 6.58 Å². The zero-order chi connectivity index (χ0) is 8.97. The maximum Gasteiger partial charge on any atom is 0.0824 e. The fourth-order valence-electron chi connectivity index (χ4n) is 0.890. The van der Waals surface area contributed by atoms with Crippen LogP contribution in [0.4, 0.5) is 0 Å². The summed E-state index contributed by atoms with van der Waals surface area (Å²) in [7, 11) is 0. The normalized spacial score (nSPS) is 16.6. The third-order valence-electron chi connectivity index (χ3n) is 1.46. The molecule has 0 aliphatic carbocycles. The van der Waals surface area contributed by atoms with E-state index in [4.69, 9.17) is 1.37 Å². The molecule has 0 fully saturated rings. The van der Waals surface area contributed by atoms with Gasteiger partial charge in [0.15, 0.2) is 0 Å². The molecule has 1 N–H and O–H groups in total. The number of rotatable bonds is 3. The molecule has 0 radical (unpaired) electrons. The molecule has 0 aromatic heterocycles. The van der Waals surface area contributed by atoms with E-state index in [0.29, 0.717) is 0 Å². The Bertz CT molecular complexity index is 245. The van der Waals surface area contributed by atoms with Crippen molar-refractivity contribution in [1.29, 1.82) is 0 Å². The molecule has 1 heteroatoms. The second-order valence-corrected chi connectivity index (χ2v) is 2.28. The minimum absolute atomic E-state index is 0.646. The third kappa shape index (κ3) is 2.20. The highest BCUT2D eigenvalue weighted by Crippen LogP contribution is 2.15. The Morgan fingerprint density at radius 2 is 2.18 bits per heavy atom. The lowest BCUT2D eigenvalue weighted by molar-refractivity contribution is 0.181. The Labute approximate surface area is 68.4 Å². The van der Waals surface area contributed by atoms with Crippen LogP contribution in [0.2, 0.25) is 0 Å². The lowest BCUT2D eigenvalue weighted by atomic mass is 10.1. The van der Waals surface area contributed by atoms with Crippen LogP contribution in [0.25, 0.3) is 0 Å². The lowest BCUT2D eigenvalue weighted by Crippen LogP contribution is -1.93. The van der Waals surface area contributed by atoms with Gasteiger partial charge in [-0.2, -0.15) is 0 Å². The van der Waals surface area contributed by atoms with Crippen LogP contribution in [0.1, 0.15) is 19.4 Å². The molecule has 2 atom stereocenters. The molecule has 0 aliphatic rings. The van der Waals surface area contributed by atoms with Crippen LogP contribution >= 0.6 is 0 Å². The van der Waals surface area contributed by atoms with Crippen molar-refractivity contribution in [2.75, 3.05) is 0 Å². The van der Waals surface area contributed by atoms with Gasteiger partial charge in [0, 0.05) is 1.37 Å². The standard InChI is InChI=1S/C10H12O/c1-2-6-10(11)9-7-4-3-5-8-9/h2-5,7-8,10-11H,1,6H2/t10-/m0/s1/i6D/t6-,10-. The lowest BCUT2D eigenvalue weighted by Gasteiger charge is -2.06. The minimum atomic E-state index is -0.760. The van der Waals surface area contributed by atoms with E-state index in [1.165, 1.54) is 6.08 Å². The monoisotopic (exact) mass is 149 g/mol. The smallest absolute Gasteiger partial charge is 0.0824 e. The Morgan fingerprint density at radius 1 is 1.55 bits per heavy atom. The molecule has 0 unspecified atom stereocenters. The van der Waals surface area contributed by atoms with E-state index in [0.717, 1.165) is 5.56 Å². The Balaban J connectivity index is 2.78. The summed E-state index contributed by atoms with van der Waals surface area (Å²) in [6.07, 6.45) is 0.0219. The van der Waals surface area contributed by atoms with E-state index in [-0.39, 0.29) is 0 Å². The Hall–Kier alpha value is -1.08. The topological polar surface area (TPSA) is 20.2 Å². The van der Waals surface area contributed by atoms with E-state index in [2.05, 4.69) is 6.58 Å². The Kier molecular flexibility index (Phi) is 2.37. The van der Waals surface area contributed by atoms with Gasteiger partial charge in [0.1, 0.15) is 0 Å². The van der Waals surface area contributed by atoms with E-state index in [9.17, 15) is 5.11 Å². The first-order valence-electron chi connectivity index (χ1n) is 4.11. The molecule has 0 amide bonds. The van der Waals surface area contributed by atoms with Crippen LogP contribution in [-0.4, -0.2) is 5.11 Å². The zero-order valence-corrected chi connectivity index (χ0v) is 6.27. The molecule has 1 nitrogen and oxygen atoms in total. The predicted octanol–water partition coefficient (Wildman–Crippen LogP) is 2.30. The fourth-order valence-corrected chi connectivity index (χ4v) is 0.890. The number of aliphatic hydroxyl groups is 1. The maximum absolute atomic E-state index is 9.53. The maximum atomic E-state index is 9.53. The van der Waals surface area contributed by atoms with Crippen LogP contribution in [0.5, 0.6) is 0 Å². The molecule has 1 rings (SSSR count). The van der Waals surface area contributed by atoms with Crippen LogP contribution in [0.15, 0.2) is 43.0 Å². The first kappa shape index (κ1) is 6.62. The van der Waals surface area contributed by atoms with Crippen LogP contribution in [0.3, 0.4) is 0 Å². The van der Waals surface area contributed by atoms with Gasteiger partial charge in [-0.25, -0.2) is 0 Å². The van der Waals surface area contributed by atoms with Gasteiger partial charge in [-0.05, 0) is 12.0 Å².